The van der Waals surface area contributed by atoms with Crippen LogP contribution >= 0.6 is 0 Å². The molecule has 0 aliphatic carbocycles. The minimum absolute atomic E-state index is 0.343. The number of hydrogen-bond acceptors (Lipinski definition) is 4. The first-order chi connectivity index (χ1) is 7.13. The van der Waals surface area contributed by atoms with Crippen LogP contribution in [0.4, 0.5) is 0 Å². The molecule has 4 heteroatoms. The van der Waals surface area contributed by atoms with Gasteiger partial charge in [0.15, 0.2) is 0 Å². The second kappa shape index (κ2) is 5.68. The van der Waals surface area contributed by atoms with Crippen molar-refractivity contribution in [3.05, 3.63) is 23.5 Å². The Balaban J connectivity index is 2.60. The molecule has 1 rings (SSSR count). The Morgan fingerprint density at radius 2 is 2.27 bits per heavy atom. The molecule has 0 aromatic carbocycles. The van der Waals surface area contributed by atoms with Crippen molar-refractivity contribution in [1.29, 1.82) is 0 Å². The minimum Gasteiger partial charge on any atom is -0.492 e. The number of rotatable bonds is 5. The Morgan fingerprint density at radius 1 is 1.53 bits per heavy atom. The van der Waals surface area contributed by atoms with Crippen molar-refractivity contribution in [2.45, 2.75) is 32.9 Å². The van der Waals surface area contributed by atoms with Gasteiger partial charge in [0.05, 0.1) is 18.4 Å². The van der Waals surface area contributed by atoms with Crippen LogP contribution in [-0.4, -0.2) is 22.8 Å². The Hall–Kier alpha value is -1.13. The zero-order chi connectivity index (χ0) is 11.3. The van der Waals surface area contributed by atoms with Gasteiger partial charge in [-0.05, 0) is 26.0 Å². The van der Waals surface area contributed by atoms with E-state index in [0.717, 1.165) is 11.4 Å². The van der Waals surface area contributed by atoms with Crippen LogP contribution in [0.1, 0.15) is 24.7 Å². The van der Waals surface area contributed by atoms with Gasteiger partial charge in [-0.15, -0.1) is 0 Å². The van der Waals surface area contributed by atoms with Gasteiger partial charge in [-0.25, -0.2) is 0 Å². The number of hydrogen-bond donors (Lipinski definition) is 2. The lowest BCUT2D eigenvalue weighted by atomic mass is 10.2. The van der Waals surface area contributed by atoms with Gasteiger partial charge in [0.2, 0.25) is 0 Å². The van der Waals surface area contributed by atoms with E-state index in [9.17, 15) is 0 Å². The SMILES string of the molecule is Cc1ccc(OCCC(C)O)c(CN)n1. The molecule has 0 bridgehead atoms. The van der Waals surface area contributed by atoms with Gasteiger partial charge < -0.3 is 15.6 Å². The lowest BCUT2D eigenvalue weighted by molar-refractivity contribution is 0.155. The monoisotopic (exact) mass is 210 g/mol. The number of aliphatic hydroxyl groups excluding tert-OH is 1. The predicted molar refractivity (Wildman–Crippen MR) is 58.7 cm³/mol. The zero-order valence-electron chi connectivity index (χ0n) is 9.23. The van der Waals surface area contributed by atoms with Gasteiger partial charge in [-0.2, -0.15) is 0 Å². The maximum atomic E-state index is 9.08. The average molecular weight is 210 g/mol. The third-order valence-corrected chi connectivity index (χ3v) is 2.06. The lowest BCUT2D eigenvalue weighted by Crippen LogP contribution is -2.10. The van der Waals surface area contributed by atoms with E-state index in [-0.39, 0.29) is 6.10 Å². The summed E-state index contributed by atoms with van der Waals surface area (Å²) in [6.07, 6.45) is 0.266. The summed E-state index contributed by atoms with van der Waals surface area (Å²) >= 11 is 0. The van der Waals surface area contributed by atoms with Crippen molar-refractivity contribution >= 4 is 0 Å². The average Bonchev–Trinajstić information content (AvgIpc) is 2.19. The Labute approximate surface area is 90.1 Å². The van der Waals surface area contributed by atoms with Gasteiger partial charge in [0.1, 0.15) is 5.75 Å². The van der Waals surface area contributed by atoms with E-state index >= 15 is 0 Å². The second-order valence-corrected chi connectivity index (χ2v) is 3.59. The molecule has 0 saturated heterocycles. The largest absolute Gasteiger partial charge is 0.492 e. The van der Waals surface area contributed by atoms with Crippen molar-refractivity contribution in [3.8, 4) is 5.75 Å². The Morgan fingerprint density at radius 3 is 2.87 bits per heavy atom. The van der Waals surface area contributed by atoms with Gasteiger partial charge in [-0.1, -0.05) is 0 Å². The summed E-state index contributed by atoms with van der Waals surface area (Å²) < 4.78 is 5.49. The first-order valence-electron chi connectivity index (χ1n) is 5.11. The van der Waals surface area contributed by atoms with Crippen molar-refractivity contribution in [3.63, 3.8) is 0 Å². The summed E-state index contributed by atoms with van der Waals surface area (Å²) in [5.41, 5.74) is 7.25. The highest BCUT2D eigenvalue weighted by Crippen LogP contribution is 2.16. The molecule has 84 valence electrons. The molecule has 0 aliphatic heterocycles. The molecule has 0 fully saturated rings. The molecule has 1 aromatic rings. The summed E-state index contributed by atoms with van der Waals surface area (Å²) in [5, 5.41) is 9.08. The maximum absolute atomic E-state index is 9.08. The standard InChI is InChI=1S/C11H18N2O2/c1-8-3-4-11(10(7-12)13-8)15-6-5-9(2)14/h3-4,9,14H,5-7,12H2,1-2H3. The molecule has 1 unspecified atom stereocenters. The molecule has 1 atom stereocenters. The summed E-state index contributed by atoms with van der Waals surface area (Å²) in [7, 11) is 0. The van der Waals surface area contributed by atoms with Crippen LogP contribution in [-0.2, 0) is 6.54 Å². The van der Waals surface area contributed by atoms with Crippen molar-refractivity contribution in [1.82, 2.24) is 4.98 Å². The quantitative estimate of drug-likeness (QED) is 0.760. The molecule has 1 heterocycles. The molecule has 0 saturated carbocycles. The third-order valence-electron chi connectivity index (χ3n) is 2.06. The summed E-state index contributed by atoms with van der Waals surface area (Å²) in [4.78, 5) is 4.28. The van der Waals surface area contributed by atoms with E-state index in [4.69, 9.17) is 15.6 Å². The molecule has 15 heavy (non-hydrogen) atoms. The van der Waals surface area contributed by atoms with Crippen LogP contribution < -0.4 is 10.5 Å². The molecule has 3 N–H and O–H groups in total. The van der Waals surface area contributed by atoms with E-state index in [1.54, 1.807) is 6.92 Å². The highest BCUT2D eigenvalue weighted by atomic mass is 16.5. The van der Waals surface area contributed by atoms with Crippen LogP contribution in [0.3, 0.4) is 0 Å². The van der Waals surface area contributed by atoms with Crippen LogP contribution in [0.2, 0.25) is 0 Å². The highest BCUT2D eigenvalue weighted by molar-refractivity contribution is 5.29. The summed E-state index contributed by atoms with van der Waals surface area (Å²) in [6.45, 7) is 4.50. The smallest absolute Gasteiger partial charge is 0.142 e. The normalized spacial score (nSPS) is 12.5. The first kappa shape index (κ1) is 11.9. The molecule has 0 radical (unpaired) electrons. The number of ether oxygens (including phenoxy) is 1. The van der Waals surface area contributed by atoms with Gasteiger partial charge in [0.25, 0.3) is 0 Å². The van der Waals surface area contributed by atoms with Crippen molar-refractivity contribution in [2.24, 2.45) is 5.73 Å². The fourth-order valence-electron chi connectivity index (χ4n) is 1.21. The number of aryl methyl sites for hydroxylation is 1. The number of pyridine rings is 1. The Kier molecular flexibility index (Phi) is 4.52. The summed E-state index contributed by atoms with van der Waals surface area (Å²) in [6, 6.07) is 3.75. The Bertz CT molecular complexity index is 313. The molecule has 1 aromatic heterocycles. The summed E-state index contributed by atoms with van der Waals surface area (Å²) in [5.74, 6) is 0.712. The first-order valence-corrected chi connectivity index (χ1v) is 5.11. The number of nitrogens with two attached hydrogens (primary N) is 1. The molecule has 0 aliphatic rings. The van der Waals surface area contributed by atoms with Crippen LogP contribution in [0.15, 0.2) is 12.1 Å². The molecule has 0 spiro atoms. The topological polar surface area (TPSA) is 68.4 Å². The maximum Gasteiger partial charge on any atom is 0.142 e. The molecular weight excluding hydrogens is 192 g/mol. The van der Waals surface area contributed by atoms with Crippen molar-refractivity contribution in [2.75, 3.05) is 6.61 Å². The minimum atomic E-state index is -0.343. The van der Waals surface area contributed by atoms with Crippen LogP contribution in [0.25, 0.3) is 0 Å². The van der Waals surface area contributed by atoms with E-state index in [0.29, 0.717) is 25.3 Å². The third kappa shape index (κ3) is 3.85. The number of aliphatic hydroxyl groups is 1. The highest BCUT2D eigenvalue weighted by Gasteiger charge is 2.04. The zero-order valence-corrected chi connectivity index (χ0v) is 9.23. The molecule has 4 nitrogen and oxygen atoms in total. The second-order valence-electron chi connectivity index (χ2n) is 3.59. The van der Waals surface area contributed by atoms with E-state index in [1.165, 1.54) is 0 Å². The fourth-order valence-corrected chi connectivity index (χ4v) is 1.21. The molecular formula is C11H18N2O2. The lowest BCUT2D eigenvalue weighted by Gasteiger charge is -2.11. The van der Waals surface area contributed by atoms with Crippen molar-refractivity contribution < 1.29 is 9.84 Å². The van der Waals surface area contributed by atoms with E-state index < -0.39 is 0 Å². The van der Waals surface area contributed by atoms with Gasteiger partial charge in [-0.3, -0.25) is 4.98 Å². The van der Waals surface area contributed by atoms with E-state index in [2.05, 4.69) is 4.98 Å². The van der Waals surface area contributed by atoms with Crippen LogP contribution in [0.5, 0.6) is 5.75 Å². The van der Waals surface area contributed by atoms with E-state index in [1.807, 2.05) is 19.1 Å². The number of nitrogens with zero attached hydrogens (tertiary/aromatic N) is 1. The number of aromatic nitrogens is 1. The van der Waals surface area contributed by atoms with Gasteiger partial charge in [0, 0.05) is 18.7 Å². The van der Waals surface area contributed by atoms with Gasteiger partial charge >= 0.3 is 0 Å². The predicted octanol–water partition coefficient (Wildman–Crippen LogP) is 0.998. The fraction of sp³-hybridized carbons (Fsp3) is 0.545. The molecule has 0 amide bonds. The van der Waals surface area contributed by atoms with Crippen LogP contribution in [0, 0.1) is 6.92 Å².